The van der Waals surface area contributed by atoms with Crippen LogP contribution in [0.25, 0.3) is 16.6 Å². The zero-order valence-electron chi connectivity index (χ0n) is 14.5. The van der Waals surface area contributed by atoms with Gasteiger partial charge < -0.3 is 5.32 Å². The number of carbonyl (C=O) groups excluding carboxylic acids is 1. The Morgan fingerprint density at radius 2 is 2.04 bits per heavy atom. The van der Waals surface area contributed by atoms with Crippen LogP contribution in [0.15, 0.2) is 52.4 Å². The molecule has 0 aliphatic heterocycles. The third kappa shape index (κ3) is 4.33. The number of thioether (sulfide) groups is 1. The average Bonchev–Trinajstić information content (AvgIpc) is 2.65. The average molecular weight is 398 g/mol. The Morgan fingerprint density at radius 1 is 1.30 bits per heavy atom. The van der Waals surface area contributed by atoms with Crippen molar-refractivity contribution >= 4 is 40.2 Å². The quantitative estimate of drug-likeness (QED) is 0.408. The van der Waals surface area contributed by atoms with E-state index in [9.17, 15) is 9.59 Å². The van der Waals surface area contributed by atoms with Gasteiger partial charge in [0.2, 0.25) is 5.91 Å². The normalized spacial score (nSPS) is 10.6. The number of hydrogen-bond acceptors (Lipinski definition) is 4. The summed E-state index contributed by atoms with van der Waals surface area (Å²) in [6.07, 6.45) is 5.15. The van der Waals surface area contributed by atoms with Crippen LogP contribution >= 0.6 is 23.4 Å². The molecule has 5 nitrogen and oxygen atoms in total. The minimum absolute atomic E-state index is 0.0893. The first-order valence-electron chi connectivity index (χ1n) is 8.12. The first-order valence-corrected chi connectivity index (χ1v) is 9.48. The van der Waals surface area contributed by atoms with Crippen molar-refractivity contribution in [1.82, 2.24) is 14.9 Å². The number of hydrogen-bond donors (Lipinski definition) is 1. The lowest BCUT2D eigenvalue weighted by molar-refractivity contribution is -0.118. The maximum Gasteiger partial charge on any atom is 0.266 e. The molecule has 0 aliphatic rings. The highest BCUT2D eigenvalue weighted by atomic mass is 35.5. The molecule has 0 unspecified atom stereocenters. The van der Waals surface area contributed by atoms with E-state index in [2.05, 4.69) is 16.2 Å². The molecule has 0 saturated carbocycles. The maximum absolute atomic E-state index is 13.1. The van der Waals surface area contributed by atoms with Crippen LogP contribution in [0.2, 0.25) is 5.02 Å². The fraction of sp³-hybridized carbons (Fsp3) is 0.150. The summed E-state index contributed by atoms with van der Waals surface area (Å²) in [5.41, 5.74) is 2.03. The highest BCUT2D eigenvalue weighted by Crippen LogP contribution is 2.23. The zero-order valence-corrected chi connectivity index (χ0v) is 16.1. The Hall–Kier alpha value is -2.75. The van der Waals surface area contributed by atoms with Crippen molar-refractivity contribution in [3.63, 3.8) is 0 Å². The third-order valence-electron chi connectivity index (χ3n) is 3.81. The minimum Gasteiger partial charge on any atom is -0.344 e. The van der Waals surface area contributed by atoms with E-state index in [0.29, 0.717) is 26.8 Å². The number of amides is 1. The topological polar surface area (TPSA) is 64.0 Å². The summed E-state index contributed by atoms with van der Waals surface area (Å²) < 4.78 is 1.51. The SMILES string of the molecule is C#CCNC(=O)CSc1nc2cc(Cl)ccc2c(=O)n1-c1ccc(C)cc1. The van der Waals surface area contributed by atoms with Crippen molar-refractivity contribution in [2.75, 3.05) is 12.3 Å². The summed E-state index contributed by atoms with van der Waals surface area (Å²) in [6.45, 7) is 2.13. The fourth-order valence-corrected chi connectivity index (χ4v) is 3.50. The van der Waals surface area contributed by atoms with Crippen LogP contribution in [0.3, 0.4) is 0 Å². The summed E-state index contributed by atoms with van der Waals surface area (Å²) in [5.74, 6) is 2.21. The molecular formula is C20H16ClN3O2S. The Balaban J connectivity index is 2.09. The molecule has 7 heteroatoms. The van der Waals surface area contributed by atoms with Crippen LogP contribution in [0.1, 0.15) is 5.56 Å². The van der Waals surface area contributed by atoms with Gasteiger partial charge in [-0.15, -0.1) is 6.42 Å². The molecule has 0 atom stereocenters. The minimum atomic E-state index is -0.228. The molecule has 27 heavy (non-hydrogen) atoms. The lowest BCUT2D eigenvalue weighted by atomic mass is 10.2. The number of aryl methyl sites for hydroxylation is 1. The number of fused-ring (bicyclic) bond motifs is 1. The van der Waals surface area contributed by atoms with Crippen LogP contribution in [-0.2, 0) is 4.79 Å². The van der Waals surface area contributed by atoms with Crippen LogP contribution in [0.5, 0.6) is 0 Å². The van der Waals surface area contributed by atoms with E-state index in [1.54, 1.807) is 18.2 Å². The number of nitrogens with one attached hydrogen (secondary N) is 1. The van der Waals surface area contributed by atoms with Crippen molar-refractivity contribution in [1.29, 1.82) is 0 Å². The number of rotatable bonds is 5. The molecule has 0 spiro atoms. The molecule has 1 heterocycles. The molecule has 2 aromatic carbocycles. The van der Waals surface area contributed by atoms with Gasteiger partial charge in [0.25, 0.3) is 5.56 Å². The number of benzene rings is 2. The summed E-state index contributed by atoms with van der Waals surface area (Å²) in [6, 6.07) is 12.5. The van der Waals surface area contributed by atoms with Gasteiger partial charge in [0.05, 0.1) is 28.9 Å². The molecule has 0 saturated heterocycles. The van der Waals surface area contributed by atoms with Crippen molar-refractivity contribution in [2.24, 2.45) is 0 Å². The Labute approximate surface area is 165 Å². The molecule has 3 aromatic rings. The zero-order chi connectivity index (χ0) is 19.4. The summed E-state index contributed by atoms with van der Waals surface area (Å²) in [4.78, 5) is 29.6. The monoisotopic (exact) mass is 397 g/mol. The lowest BCUT2D eigenvalue weighted by Crippen LogP contribution is -2.26. The van der Waals surface area contributed by atoms with Crippen molar-refractivity contribution in [3.05, 3.63) is 63.4 Å². The predicted octanol–water partition coefficient (Wildman–Crippen LogP) is 3.19. The van der Waals surface area contributed by atoms with Crippen LogP contribution in [0, 0.1) is 19.3 Å². The number of carbonyl (C=O) groups is 1. The first-order chi connectivity index (χ1) is 13.0. The molecule has 1 aromatic heterocycles. The van der Waals surface area contributed by atoms with E-state index in [1.807, 2.05) is 31.2 Å². The van der Waals surface area contributed by atoms with Gasteiger partial charge in [-0.25, -0.2) is 4.98 Å². The summed E-state index contributed by atoms with van der Waals surface area (Å²) in [7, 11) is 0. The Bertz CT molecular complexity index is 1100. The molecule has 0 fully saturated rings. The molecule has 136 valence electrons. The lowest BCUT2D eigenvalue weighted by Gasteiger charge is -2.13. The van der Waals surface area contributed by atoms with Crippen molar-refractivity contribution in [2.45, 2.75) is 12.1 Å². The van der Waals surface area contributed by atoms with Gasteiger partial charge in [-0.1, -0.05) is 47.0 Å². The molecule has 0 radical (unpaired) electrons. The van der Waals surface area contributed by atoms with E-state index in [-0.39, 0.29) is 23.8 Å². The van der Waals surface area contributed by atoms with Crippen molar-refractivity contribution in [3.8, 4) is 18.0 Å². The third-order valence-corrected chi connectivity index (χ3v) is 4.99. The van der Waals surface area contributed by atoms with E-state index >= 15 is 0 Å². The van der Waals surface area contributed by atoms with Crippen LogP contribution in [-0.4, -0.2) is 27.8 Å². The van der Waals surface area contributed by atoms with Crippen LogP contribution < -0.4 is 10.9 Å². The molecule has 3 rings (SSSR count). The highest BCUT2D eigenvalue weighted by Gasteiger charge is 2.15. The highest BCUT2D eigenvalue weighted by molar-refractivity contribution is 7.99. The van der Waals surface area contributed by atoms with Gasteiger partial charge in [-0.05, 0) is 37.3 Å². The smallest absolute Gasteiger partial charge is 0.266 e. The second-order valence-corrected chi connectivity index (χ2v) is 7.18. The van der Waals surface area contributed by atoms with E-state index in [4.69, 9.17) is 18.0 Å². The standard InChI is InChI=1S/C20H16ClN3O2S/c1-3-10-22-18(25)12-27-20-23-17-11-14(21)6-9-16(17)19(26)24(20)15-7-4-13(2)5-8-15/h1,4-9,11H,10,12H2,2H3,(H,22,25). The van der Waals surface area contributed by atoms with Crippen molar-refractivity contribution < 1.29 is 4.79 Å². The fourth-order valence-electron chi connectivity index (χ4n) is 2.49. The maximum atomic E-state index is 13.1. The second-order valence-electron chi connectivity index (χ2n) is 5.80. The molecule has 0 bridgehead atoms. The molecule has 1 N–H and O–H groups in total. The number of terminal acetylenes is 1. The Kier molecular flexibility index (Phi) is 5.84. The largest absolute Gasteiger partial charge is 0.344 e. The van der Waals surface area contributed by atoms with Gasteiger partial charge in [-0.2, -0.15) is 0 Å². The number of nitrogens with zero attached hydrogens (tertiary/aromatic N) is 2. The number of halogens is 1. The van der Waals surface area contributed by atoms with E-state index in [1.165, 1.54) is 16.3 Å². The van der Waals surface area contributed by atoms with Crippen LogP contribution in [0.4, 0.5) is 0 Å². The molecule has 0 aliphatic carbocycles. The predicted molar refractivity (Wildman–Crippen MR) is 110 cm³/mol. The Morgan fingerprint density at radius 3 is 2.74 bits per heavy atom. The number of aromatic nitrogens is 2. The second kappa shape index (κ2) is 8.30. The first kappa shape index (κ1) is 19.0. The van der Waals surface area contributed by atoms with Gasteiger partial charge >= 0.3 is 0 Å². The summed E-state index contributed by atoms with van der Waals surface area (Å²) in [5, 5.41) is 3.96. The molecule has 1 amide bonds. The van der Waals surface area contributed by atoms with Gasteiger partial charge in [0.15, 0.2) is 5.16 Å². The van der Waals surface area contributed by atoms with E-state index < -0.39 is 0 Å². The van der Waals surface area contributed by atoms with E-state index in [0.717, 1.165) is 5.56 Å². The molecular weight excluding hydrogens is 382 g/mol. The summed E-state index contributed by atoms with van der Waals surface area (Å²) >= 11 is 7.21. The van der Waals surface area contributed by atoms with Gasteiger partial charge in [-0.3, -0.25) is 14.2 Å². The van der Waals surface area contributed by atoms with Gasteiger partial charge in [0.1, 0.15) is 0 Å². The van der Waals surface area contributed by atoms with Gasteiger partial charge in [0, 0.05) is 5.02 Å².